The van der Waals surface area contributed by atoms with Gasteiger partial charge in [-0.05, 0) is 12.5 Å². The number of benzene rings is 1. The van der Waals surface area contributed by atoms with Gasteiger partial charge in [0.1, 0.15) is 0 Å². The second kappa shape index (κ2) is 4.55. The normalized spacial score (nSPS) is 20.6. The molecular formula is C14H16N2O2. The molecule has 0 radical (unpaired) electrons. The molecule has 1 aliphatic heterocycles. The minimum atomic E-state index is -0.277. The first-order chi connectivity index (χ1) is 8.74. The fourth-order valence-corrected chi connectivity index (χ4v) is 2.55. The lowest BCUT2D eigenvalue weighted by molar-refractivity contribution is 0.0936. The number of nitrogens with one attached hydrogen (secondary N) is 1. The van der Waals surface area contributed by atoms with Gasteiger partial charge < -0.3 is 10.1 Å². The summed E-state index contributed by atoms with van der Waals surface area (Å²) in [6, 6.07) is 7.81. The standard InChI is InChI=1S/C14H16N2O2/c17-10-5-6-16(8-10)9-14(18)12-7-15-13-4-2-1-3-11(12)13/h1-4,7,10,15,17H,5-6,8-9H2. The Kier molecular flexibility index (Phi) is 2.89. The number of aromatic nitrogens is 1. The zero-order valence-electron chi connectivity index (χ0n) is 10.1. The second-order valence-corrected chi connectivity index (χ2v) is 4.85. The molecule has 4 nitrogen and oxygen atoms in total. The number of para-hydroxylation sites is 1. The van der Waals surface area contributed by atoms with Gasteiger partial charge in [0.25, 0.3) is 0 Å². The number of nitrogens with zero attached hydrogens (tertiary/aromatic N) is 1. The van der Waals surface area contributed by atoms with Gasteiger partial charge in [0.15, 0.2) is 5.78 Å². The van der Waals surface area contributed by atoms with E-state index in [4.69, 9.17) is 0 Å². The van der Waals surface area contributed by atoms with Crippen LogP contribution in [0.5, 0.6) is 0 Å². The maximum absolute atomic E-state index is 12.2. The largest absolute Gasteiger partial charge is 0.392 e. The molecule has 1 atom stereocenters. The molecular weight excluding hydrogens is 228 g/mol. The fraction of sp³-hybridized carbons (Fsp3) is 0.357. The number of likely N-dealkylation sites (tertiary alicyclic amines) is 1. The van der Waals surface area contributed by atoms with Gasteiger partial charge in [-0.1, -0.05) is 18.2 Å². The molecule has 1 aliphatic rings. The van der Waals surface area contributed by atoms with Crippen molar-refractivity contribution < 1.29 is 9.90 Å². The molecule has 0 amide bonds. The smallest absolute Gasteiger partial charge is 0.178 e. The Bertz CT molecular complexity index is 576. The van der Waals surface area contributed by atoms with Crippen LogP contribution in [0, 0.1) is 0 Å². The van der Waals surface area contributed by atoms with Crippen molar-refractivity contribution in [2.24, 2.45) is 0 Å². The SMILES string of the molecule is O=C(CN1CCC(O)C1)c1c[nH]c2ccccc12. The topological polar surface area (TPSA) is 56.3 Å². The quantitative estimate of drug-likeness (QED) is 0.803. The van der Waals surface area contributed by atoms with E-state index in [1.165, 1.54) is 0 Å². The van der Waals surface area contributed by atoms with Crippen LogP contribution in [0.1, 0.15) is 16.8 Å². The summed E-state index contributed by atoms with van der Waals surface area (Å²) in [6.07, 6.45) is 2.27. The predicted molar refractivity (Wildman–Crippen MR) is 69.7 cm³/mol. The molecule has 1 unspecified atom stereocenters. The molecule has 0 bridgehead atoms. The number of hydrogen-bond donors (Lipinski definition) is 2. The van der Waals surface area contributed by atoms with Gasteiger partial charge in [-0.2, -0.15) is 0 Å². The monoisotopic (exact) mass is 244 g/mol. The maximum Gasteiger partial charge on any atom is 0.178 e. The highest BCUT2D eigenvalue weighted by molar-refractivity contribution is 6.08. The third-order valence-corrected chi connectivity index (χ3v) is 3.50. The highest BCUT2D eigenvalue weighted by Gasteiger charge is 2.23. The zero-order valence-corrected chi connectivity index (χ0v) is 10.1. The summed E-state index contributed by atoms with van der Waals surface area (Å²) in [4.78, 5) is 17.4. The van der Waals surface area contributed by atoms with E-state index in [9.17, 15) is 9.90 Å². The number of fused-ring (bicyclic) bond motifs is 1. The van der Waals surface area contributed by atoms with Crippen molar-refractivity contribution in [3.8, 4) is 0 Å². The average molecular weight is 244 g/mol. The molecule has 2 heterocycles. The van der Waals surface area contributed by atoms with Crippen LogP contribution in [0.3, 0.4) is 0 Å². The summed E-state index contributed by atoms with van der Waals surface area (Å²) in [6.45, 7) is 1.79. The number of carbonyl (C=O) groups excluding carboxylic acids is 1. The number of rotatable bonds is 3. The van der Waals surface area contributed by atoms with Crippen molar-refractivity contribution in [1.29, 1.82) is 0 Å². The maximum atomic E-state index is 12.2. The van der Waals surface area contributed by atoms with E-state index in [0.717, 1.165) is 29.4 Å². The molecule has 1 aromatic carbocycles. The first-order valence-electron chi connectivity index (χ1n) is 6.24. The van der Waals surface area contributed by atoms with Crippen LogP contribution in [0.15, 0.2) is 30.5 Å². The van der Waals surface area contributed by atoms with E-state index in [1.54, 1.807) is 6.20 Å². The molecule has 1 aromatic heterocycles. The number of Topliss-reactive ketones (excluding diaryl/α,β-unsaturated/α-hetero) is 1. The molecule has 4 heteroatoms. The molecule has 3 rings (SSSR count). The van der Waals surface area contributed by atoms with Gasteiger partial charge in [-0.3, -0.25) is 9.69 Å². The van der Waals surface area contributed by atoms with Crippen molar-refractivity contribution in [3.63, 3.8) is 0 Å². The van der Waals surface area contributed by atoms with Crippen LogP contribution in [0.2, 0.25) is 0 Å². The average Bonchev–Trinajstić information content (AvgIpc) is 2.95. The first-order valence-corrected chi connectivity index (χ1v) is 6.24. The van der Waals surface area contributed by atoms with Gasteiger partial charge in [0, 0.05) is 35.8 Å². The van der Waals surface area contributed by atoms with E-state index in [1.807, 2.05) is 29.2 Å². The summed E-state index contributed by atoms with van der Waals surface area (Å²) in [5.41, 5.74) is 1.73. The Balaban J connectivity index is 1.80. The Labute approximate surface area is 105 Å². The number of aliphatic hydroxyl groups is 1. The zero-order chi connectivity index (χ0) is 12.5. The molecule has 94 valence electrons. The van der Waals surface area contributed by atoms with Gasteiger partial charge >= 0.3 is 0 Å². The van der Waals surface area contributed by atoms with Crippen LogP contribution in [0.25, 0.3) is 10.9 Å². The summed E-state index contributed by atoms with van der Waals surface area (Å²) >= 11 is 0. The van der Waals surface area contributed by atoms with Gasteiger partial charge in [0.05, 0.1) is 12.6 Å². The molecule has 2 aromatic rings. The van der Waals surface area contributed by atoms with E-state index >= 15 is 0 Å². The van der Waals surface area contributed by atoms with Gasteiger partial charge in [-0.15, -0.1) is 0 Å². The lowest BCUT2D eigenvalue weighted by atomic mass is 10.1. The Hall–Kier alpha value is -1.65. The molecule has 0 aliphatic carbocycles. The Morgan fingerprint density at radius 1 is 1.44 bits per heavy atom. The third-order valence-electron chi connectivity index (χ3n) is 3.50. The highest BCUT2D eigenvalue weighted by Crippen LogP contribution is 2.19. The van der Waals surface area contributed by atoms with E-state index < -0.39 is 0 Å². The first kappa shape index (κ1) is 11.4. The van der Waals surface area contributed by atoms with Crippen LogP contribution in [0.4, 0.5) is 0 Å². The minimum absolute atomic E-state index is 0.113. The lowest BCUT2D eigenvalue weighted by Crippen LogP contribution is -2.28. The molecule has 1 saturated heterocycles. The summed E-state index contributed by atoms with van der Waals surface area (Å²) in [5.74, 6) is 0.113. The number of aliphatic hydroxyl groups excluding tert-OH is 1. The fourth-order valence-electron chi connectivity index (χ4n) is 2.55. The van der Waals surface area contributed by atoms with E-state index in [2.05, 4.69) is 4.98 Å². The van der Waals surface area contributed by atoms with Gasteiger partial charge in [0.2, 0.25) is 0 Å². The van der Waals surface area contributed by atoms with Crippen molar-refractivity contribution in [2.75, 3.05) is 19.6 Å². The summed E-state index contributed by atoms with van der Waals surface area (Å²) in [5, 5.41) is 10.4. The number of aromatic amines is 1. The van der Waals surface area contributed by atoms with Crippen molar-refractivity contribution in [2.45, 2.75) is 12.5 Å². The Morgan fingerprint density at radius 2 is 2.28 bits per heavy atom. The third kappa shape index (κ3) is 2.05. The van der Waals surface area contributed by atoms with Crippen LogP contribution >= 0.6 is 0 Å². The molecule has 18 heavy (non-hydrogen) atoms. The second-order valence-electron chi connectivity index (χ2n) is 4.85. The summed E-state index contributed by atoms with van der Waals surface area (Å²) in [7, 11) is 0. The number of β-amino-alcohol motifs (C(OH)–C–C–N with tert-alkyl or cyclic N) is 1. The van der Waals surface area contributed by atoms with Crippen LogP contribution in [-0.2, 0) is 0 Å². The molecule has 1 fully saturated rings. The summed E-state index contributed by atoms with van der Waals surface area (Å²) < 4.78 is 0. The van der Waals surface area contributed by atoms with Crippen molar-refractivity contribution in [3.05, 3.63) is 36.0 Å². The number of H-pyrrole nitrogens is 1. The van der Waals surface area contributed by atoms with Gasteiger partial charge in [-0.25, -0.2) is 0 Å². The van der Waals surface area contributed by atoms with Crippen LogP contribution < -0.4 is 0 Å². The number of carbonyl (C=O) groups is 1. The Morgan fingerprint density at radius 3 is 3.06 bits per heavy atom. The lowest BCUT2D eigenvalue weighted by Gasteiger charge is -2.13. The number of ketones is 1. The van der Waals surface area contributed by atoms with Crippen LogP contribution in [-0.4, -0.2) is 46.5 Å². The molecule has 0 saturated carbocycles. The van der Waals surface area contributed by atoms with E-state index in [-0.39, 0.29) is 11.9 Å². The highest BCUT2D eigenvalue weighted by atomic mass is 16.3. The minimum Gasteiger partial charge on any atom is -0.392 e. The number of hydrogen-bond acceptors (Lipinski definition) is 3. The molecule has 0 spiro atoms. The van der Waals surface area contributed by atoms with E-state index in [0.29, 0.717) is 13.1 Å². The molecule has 2 N–H and O–H groups in total. The van der Waals surface area contributed by atoms with Crippen molar-refractivity contribution >= 4 is 16.7 Å². The van der Waals surface area contributed by atoms with Crippen molar-refractivity contribution in [1.82, 2.24) is 9.88 Å². The predicted octanol–water partition coefficient (Wildman–Crippen LogP) is 1.42.